The number of pyridine rings is 1. The zero-order valence-corrected chi connectivity index (χ0v) is 29.4. The van der Waals surface area contributed by atoms with E-state index in [0.717, 1.165) is 36.8 Å². The summed E-state index contributed by atoms with van der Waals surface area (Å²) in [6.07, 6.45) is 4.76. The van der Waals surface area contributed by atoms with Crippen molar-refractivity contribution in [2.45, 2.75) is 102 Å². The van der Waals surface area contributed by atoms with Crippen molar-refractivity contribution in [1.29, 1.82) is 0 Å². The van der Waals surface area contributed by atoms with E-state index in [2.05, 4.69) is 25.8 Å². The number of nitrogens with two attached hydrogens (primary N) is 1. The number of fused-ring (bicyclic) bond motifs is 2. The maximum Gasteiger partial charge on any atom is 0.270 e. The van der Waals surface area contributed by atoms with Gasteiger partial charge in [-0.1, -0.05) is 73.9 Å². The Morgan fingerprint density at radius 1 is 0.940 bits per heavy atom. The average molecular weight is 685 g/mol. The SMILES string of the molecule is CC(C)(C)NC(=O)C[C@@H]1C[C@@H]2CCCC[C@@H]2CN1C[C@@H](O)[C@H](Cc1ccccc1)NC(=O)[C@H](CC(N)=O)NC(=O)c1ccc2ccccc2n1. The van der Waals surface area contributed by atoms with E-state index in [9.17, 15) is 24.3 Å². The van der Waals surface area contributed by atoms with Crippen LogP contribution >= 0.6 is 0 Å². The van der Waals surface area contributed by atoms with E-state index in [1.165, 1.54) is 12.8 Å². The van der Waals surface area contributed by atoms with Crippen molar-refractivity contribution in [3.8, 4) is 0 Å². The quantitative estimate of drug-likeness (QED) is 0.184. The summed E-state index contributed by atoms with van der Waals surface area (Å²) in [5.74, 6) is -0.979. The molecule has 1 aliphatic carbocycles. The fraction of sp³-hybridized carbons (Fsp3) is 0.513. The van der Waals surface area contributed by atoms with Crippen LogP contribution in [0, 0.1) is 11.8 Å². The lowest BCUT2D eigenvalue weighted by Gasteiger charge is -2.47. The van der Waals surface area contributed by atoms with E-state index in [0.29, 0.717) is 30.2 Å². The van der Waals surface area contributed by atoms with Crippen molar-refractivity contribution in [1.82, 2.24) is 25.8 Å². The van der Waals surface area contributed by atoms with Crippen LogP contribution in [0.1, 0.15) is 81.8 Å². The molecule has 50 heavy (non-hydrogen) atoms. The number of benzene rings is 2. The van der Waals surface area contributed by atoms with Crippen LogP contribution in [0.5, 0.6) is 0 Å². The molecule has 1 aromatic heterocycles. The summed E-state index contributed by atoms with van der Waals surface area (Å²) in [5.41, 5.74) is 6.80. The number of para-hydroxylation sites is 1. The lowest BCUT2D eigenvalue weighted by molar-refractivity contribution is -0.128. The highest BCUT2D eigenvalue weighted by Gasteiger charge is 2.39. The first kappa shape index (κ1) is 36.9. The first-order valence-corrected chi connectivity index (χ1v) is 17.9. The molecule has 5 rings (SSSR count). The van der Waals surface area contributed by atoms with E-state index >= 15 is 0 Å². The van der Waals surface area contributed by atoms with E-state index in [4.69, 9.17) is 5.73 Å². The molecule has 1 saturated heterocycles. The Labute approximate surface area is 294 Å². The van der Waals surface area contributed by atoms with Gasteiger partial charge in [0, 0.05) is 36.5 Å². The molecular weight excluding hydrogens is 632 g/mol. The van der Waals surface area contributed by atoms with Crippen LogP contribution in [0.25, 0.3) is 10.9 Å². The Balaban J connectivity index is 1.34. The number of likely N-dealkylation sites (tertiary alicyclic amines) is 1. The third-order valence-electron chi connectivity index (χ3n) is 9.93. The third-order valence-corrected chi connectivity index (χ3v) is 9.93. The highest BCUT2D eigenvalue weighted by atomic mass is 16.3. The molecule has 6 atom stereocenters. The second kappa shape index (κ2) is 16.6. The minimum Gasteiger partial charge on any atom is -0.390 e. The monoisotopic (exact) mass is 684 g/mol. The number of carbonyl (C=O) groups excluding carboxylic acids is 4. The number of primary amides is 1. The molecule has 6 N–H and O–H groups in total. The first-order chi connectivity index (χ1) is 23.8. The number of aliphatic hydroxyl groups is 1. The van der Waals surface area contributed by atoms with Crippen LogP contribution in [0.15, 0.2) is 66.7 Å². The van der Waals surface area contributed by atoms with Crippen molar-refractivity contribution in [3.63, 3.8) is 0 Å². The summed E-state index contributed by atoms with van der Waals surface area (Å²) < 4.78 is 0. The Morgan fingerprint density at radius 3 is 2.36 bits per heavy atom. The van der Waals surface area contributed by atoms with Gasteiger partial charge in [0.25, 0.3) is 5.91 Å². The molecule has 11 nitrogen and oxygen atoms in total. The van der Waals surface area contributed by atoms with Crippen LogP contribution in [0.3, 0.4) is 0 Å². The number of β-amino-alcohol motifs (C(OH)–C–C–N with tert-alkyl or cyclic N) is 1. The molecule has 2 fully saturated rings. The van der Waals surface area contributed by atoms with Crippen molar-refractivity contribution in [2.75, 3.05) is 13.1 Å². The predicted molar refractivity (Wildman–Crippen MR) is 193 cm³/mol. The predicted octanol–water partition coefficient (Wildman–Crippen LogP) is 3.48. The zero-order valence-electron chi connectivity index (χ0n) is 29.4. The largest absolute Gasteiger partial charge is 0.390 e. The van der Waals surface area contributed by atoms with E-state index in [-0.39, 0.29) is 29.7 Å². The summed E-state index contributed by atoms with van der Waals surface area (Å²) in [7, 11) is 0. The molecule has 268 valence electrons. The van der Waals surface area contributed by atoms with Gasteiger partial charge in [-0.2, -0.15) is 0 Å². The third kappa shape index (κ3) is 10.3. The van der Waals surface area contributed by atoms with Gasteiger partial charge in [-0.25, -0.2) is 4.98 Å². The van der Waals surface area contributed by atoms with Gasteiger partial charge >= 0.3 is 0 Å². The molecule has 0 radical (unpaired) electrons. The van der Waals surface area contributed by atoms with E-state index in [1.807, 2.05) is 69.3 Å². The van der Waals surface area contributed by atoms with Crippen LogP contribution in [-0.2, 0) is 20.8 Å². The standard InChI is InChI=1S/C39H52N6O5/c1-39(2,3)44-36(48)21-29-20-27-14-7-8-15-28(27)23-45(29)24-34(46)32(19-25-11-5-4-6-12-25)42-38(50)33(22-35(40)47)43-37(49)31-18-17-26-13-9-10-16-30(26)41-31/h4-6,9-13,16-18,27-29,32-34,46H,7-8,14-15,19-24H2,1-3H3,(H2,40,47)(H,42,50)(H,43,49)(H,44,48)/t27-,28+,29-,32-,33-,34+/m0/s1. The number of hydrogen-bond acceptors (Lipinski definition) is 7. The lowest BCUT2D eigenvalue weighted by atomic mass is 9.72. The number of carbonyl (C=O) groups is 4. The normalized spacial score (nSPS) is 21.3. The summed E-state index contributed by atoms with van der Waals surface area (Å²) in [4.78, 5) is 59.0. The van der Waals surface area contributed by atoms with Crippen LogP contribution in [0.2, 0.25) is 0 Å². The van der Waals surface area contributed by atoms with Crippen molar-refractivity contribution < 1.29 is 24.3 Å². The van der Waals surface area contributed by atoms with E-state index < -0.39 is 42.3 Å². The Kier molecular flexibility index (Phi) is 12.2. The minimum absolute atomic E-state index is 0.0173. The number of rotatable bonds is 13. The van der Waals surface area contributed by atoms with Crippen LogP contribution < -0.4 is 21.7 Å². The maximum absolute atomic E-state index is 13.9. The highest BCUT2D eigenvalue weighted by Crippen LogP contribution is 2.39. The maximum atomic E-state index is 13.9. The number of nitrogens with zero attached hydrogens (tertiary/aromatic N) is 2. The molecule has 0 spiro atoms. The average Bonchev–Trinajstić information content (AvgIpc) is 3.07. The molecule has 1 saturated carbocycles. The Bertz CT molecular complexity index is 1640. The fourth-order valence-electron chi connectivity index (χ4n) is 7.54. The number of aliphatic hydroxyl groups excluding tert-OH is 1. The fourth-order valence-corrected chi connectivity index (χ4v) is 7.54. The Hall–Kier alpha value is -4.35. The number of piperidine rings is 1. The van der Waals surface area contributed by atoms with Gasteiger partial charge in [0.1, 0.15) is 11.7 Å². The molecule has 2 aliphatic rings. The molecule has 2 heterocycles. The van der Waals surface area contributed by atoms with Gasteiger partial charge in [0.05, 0.1) is 24.1 Å². The van der Waals surface area contributed by atoms with Crippen molar-refractivity contribution >= 4 is 34.5 Å². The molecule has 3 aromatic rings. The second-order valence-electron chi connectivity index (χ2n) is 15.1. The Morgan fingerprint density at radius 2 is 1.64 bits per heavy atom. The molecule has 2 aromatic carbocycles. The van der Waals surface area contributed by atoms with Gasteiger partial charge in [-0.3, -0.25) is 24.1 Å². The number of hydrogen-bond donors (Lipinski definition) is 5. The summed E-state index contributed by atoms with van der Waals surface area (Å²) in [5, 5.41) is 21.4. The van der Waals surface area contributed by atoms with Crippen molar-refractivity contribution in [3.05, 3.63) is 78.0 Å². The molecule has 0 bridgehead atoms. The molecule has 0 unspecified atom stereocenters. The van der Waals surface area contributed by atoms with Gasteiger partial charge in [0.2, 0.25) is 17.7 Å². The van der Waals surface area contributed by atoms with Gasteiger partial charge in [-0.05, 0) is 69.6 Å². The summed E-state index contributed by atoms with van der Waals surface area (Å²) >= 11 is 0. The second-order valence-corrected chi connectivity index (χ2v) is 15.1. The molecule has 4 amide bonds. The van der Waals surface area contributed by atoms with Crippen molar-refractivity contribution in [2.24, 2.45) is 17.6 Å². The summed E-state index contributed by atoms with van der Waals surface area (Å²) in [6.45, 7) is 6.93. The van der Waals surface area contributed by atoms with Gasteiger partial charge < -0.3 is 26.8 Å². The first-order valence-electron chi connectivity index (χ1n) is 17.9. The van der Waals surface area contributed by atoms with Gasteiger partial charge in [0.15, 0.2) is 0 Å². The van der Waals surface area contributed by atoms with Crippen LogP contribution in [0.4, 0.5) is 0 Å². The number of aromatic nitrogens is 1. The topological polar surface area (TPSA) is 167 Å². The molecular formula is C39H52N6O5. The smallest absolute Gasteiger partial charge is 0.270 e. The number of amides is 4. The van der Waals surface area contributed by atoms with Crippen LogP contribution in [-0.4, -0.2) is 81.5 Å². The lowest BCUT2D eigenvalue weighted by Crippen LogP contribution is -2.58. The molecule has 1 aliphatic heterocycles. The number of nitrogens with one attached hydrogen (secondary N) is 3. The van der Waals surface area contributed by atoms with Gasteiger partial charge in [-0.15, -0.1) is 0 Å². The summed E-state index contributed by atoms with van der Waals surface area (Å²) in [6, 6.07) is 18.1. The minimum atomic E-state index is -1.29. The van der Waals surface area contributed by atoms with E-state index in [1.54, 1.807) is 18.2 Å². The molecule has 11 heteroatoms. The zero-order chi connectivity index (χ0) is 35.8. The highest BCUT2D eigenvalue weighted by molar-refractivity contribution is 5.99.